The van der Waals surface area contributed by atoms with E-state index < -0.39 is 0 Å². The minimum absolute atomic E-state index is 0.266. The van der Waals surface area contributed by atoms with Crippen molar-refractivity contribution in [2.45, 2.75) is 43.4 Å². The van der Waals surface area contributed by atoms with Gasteiger partial charge in [-0.2, -0.15) is 0 Å². The van der Waals surface area contributed by atoms with E-state index >= 15 is 0 Å². The third kappa shape index (κ3) is 6.55. The number of nitrogens with two attached hydrogens (primary N) is 1. The van der Waals surface area contributed by atoms with Crippen LogP contribution in [0.3, 0.4) is 0 Å². The third-order valence-corrected chi connectivity index (χ3v) is 12.3. The molecule has 5 aromatic rings. The summed E-state index contributed by atoms with van der Waals surface area (Å²) in [7, 11) is 0. The van der Waals surface area contributed by atoms with Crippen LogP contribution in [0.25, 0.3) is 22.8 Å². The summed E-state index contributed by atoms with van der Waals surface area (Å²) < 4.78 is 9.41. The molecule has 1 saturated heterocycles. The summed E-state index contributed by atoms with van der Waals surface area (Å²) in [4.78, 5) is 31.3. The number of nitrogens with one attached hydrogen (secondary N) is 2. The Kier molecular flexibility index (Phi) is 8.69. The van der Waals surface area contributed by atoms with Crippen molar-refractivity contribution in [2.75, 3.05) is 43.4 Å². The second-order valence-corrected chi connectivity index (χ2v) is 15.8. The second kappa shape index (κ2) is 13.7. The van der Waals surface area contributed by atoms with Crippen molar-refractivity contribution >= 4 is 63.6 Å². The van der Waals surface area contributed by atoms with Gasteiger partial charge in [-0.05, 0) is 109 Å². The number of aromatic nitrogens is 2. The Balaban J connectivity index is 0.924. The van der Waals surface area contributed by atoms with Gasteiger partial charge in [-0.1, -0.05) is 35.7 Å². The number of nitrogen functional groups attached to an aromatic ring is 1. The van der Waals surface area contributed by atoms with Gasteiger partial charge in [0.25, 0.3) is 5.91 Å². The van der Waals surface area contributed by atoms with E-state index in [1.165, 1.54) is 56.0 Å². The number of amides is 1. The lowest BCUT2D eigenvalue weighted by Gasteiger charge is -2.47. The molecule has 1 saturated carbocycles. The van der Waals surface area contributed by atoms with Crippen molar-refractivity contribution in [2.24, 2.45) is 10.4 Å². The van der Waals surface area contributed by atoms with Crippen LogP contribution >= 0.6 is 23.5 Å². The van der Waals surface area contributed by atoms with Crippen LogP contribution in [0.1, 0.15) is 54.4 Å². The van der Waals surface area contributed by atoms with E-state index in [9.17, 15) is 4.79 Å². The Hall–Kier alpha value is -4.77. The molecule has 4 heterocycles. The molecular weight excluding hydrogens is 690 g/mol. The summed E-state index contributed by atoms with van der Waals surface area (Å²) in [6, 6.07) is 22.0. The zero-order valence-corrected chi connectivity index (χ0v) is 30.4. The molecule has 3 aromatic carbocycles. The first-order valence-electron chi connectivity index (χ1n) is 18.0. The SMILES string of the molecule is Nc1cc(SNC(=O)c2ccc(N3CCN(CC4=C(c5ccc(Cl)cc5)CC5(CCC5)CC4)CC3)cc2Oc2cnc3[nH]ccc3c2)cc2c1=CN=2. The number of hydrogen-bond acceptors (Lipinski definition) is 8. The monoisotopic (exact) mass is 729 g/mol. The number of benzene rings is 3. The number of rotatable bonds is 9. The Bertz CT molecular complexity index is 2340. The maximum atomic E-state index is 13.7. The molecule has 2 aromatic heterocycles. The molecule has 1 spiro atoms. The predicted octanol–water partition coefficient (Wildman–Crippen LogP) is 7.33. The molecule has 9 rings (SSSR count). The third-order valence-electron chi connectivity index (χ3n) is 11.3. The van der Waals surface area contributed by atoms with E-state index in [0.29, 0.717) is 28.2 Å². The Morgan fingerprint density at radius 1 is 1.02 bits per heavy atom. The second-order valence-electron chi connectivity index (χ2n) is 14.5. The molecule has 0 bridgehead atoms. The summed E-state index contributed by atoms with van der Waals surface area (Å²) in [6.45, 7) is 4.68. The molecule has 264 valence electrons. The number of piperazine rings is 1. The number of hydrogen-bond donors (Lipinski definition) is 3. The van der Waals surface area contributed by atoms with Crippen LogP contribution in [-0.4, -0.2) is 53.5 Å². The molecule has 9 nitrogen and oxygen atoms in total. The predicted molar refractivity (Wildman–Crippen MR) is 209 cm³/mol. The molecule has 0 unspecified atom stereocenters. The molecule has 2 aliphatic carbocycles. The normalized spacial score (nSPS) is 17.9. The number of ether oxygens (including phenoxy) is 1. The fourth-order valence-electron chi connectivity index (χ4n) is 8.07. The van der Waals surface area contributed by atoms with Gasteiger partial charge in [-0.25, -0.2) is 4.98 Å². The van der Waals surface area contributed by atoms with Crippen molar-refractivity contribution in [3.05, 3.63) is 111 Å². The molecule has 0 atom stereocenters. The highest BCUT2D eigenvalue weighted by Gasteiger charge is 2.41. The number of aromatic amines is 1. The summed E-state index contributed by atoms with van der Waals surface area (Å²) in [5, 5.41) is 3.49. The zero-order valence-electron chi connectivity index (χ0n) is 28.8. The van der Waals surface area contributed by atoms with Crippen molar-refractivity contribution in [1.82, 2.24) is 19.6 Å². The maximum Gasteiger partial charge on any atom is 0.265 e. The molecular formula is C41H40ClN7O2S. The number of fused-ring (bicyclic) bond motifs is 2. The fraction of sp³-hybridized carbons (Fsp3) is 0.293. The van der Waals surface area contributed by atoms with Crippen molar-refractivity contribution in [3.8, 4) is 11.5 Å². The van der Waals surface area contributed by atoms with Gasteiger partial charge in [0, 0.05) is 83.1 Å². The number of halogens is 1. The Morgan fingerprint density at radius 2 is 1.87 bits per heavy atom. The van der Waals surface area contributed by atoms with Gasteiger partial charge in [0.1, 0.15) is 17.1 Å². The summed E-state index contributed by atoms with van der Waals surface area (Å²) in [5.74, 6) is 0.767. The average molecular weight is 730 g/mol. The summed E-state index contributed by atoms with van der Waals surface area (Å²) in [6.07, 6.45) is 13.0. The van der Waals surface area contributed by atoms with E-state index in [-0.39, 0.29) is 5.91 Å². The summed E-state index contributed by atoms with van der Waals surface area (Å²) >= 11 is 7.49. The average Bonchev–Trinajstić information content (AvgIpc) is 3.60. The quantitative estimate of drug-likeness (QED) is 0.108. The van der Waals surface area contributed by atoms with Crippen LogP contribution in [0.4, 0.5) is 11.4 Å². The highest BCUT2D eigenvalue weighted by atomic mass is 35.5. The van der Waals surface area contributed by atoms with Crippen LogP contribution in [0.15, 0.2) is 94.6 Å². The summed E-state index contributed by atoms with van der Waals surface area (Å²) in [5.41, 5.74) is 14.0. The smallest absolute Gasteiger partial charge is 0.265 e. The van der Waals surface area contributed by atoms with Crippen molar-refractivity contribution in [3.63, 3.8) is 0 Å². The molecule has 2 fully saturated rings. The maximum absolute atomic E-state index is 13.7. The molecule has 11 heteroatoms. The Morgan fingerprint density at radius 3 is 2.62 bits per heavy atom. The van der Waals surface area contributed by atoms with Crippen molar-refractivity contribution < 1.29 is 9.53 Å². The number of carbonyl (C=O) groups excluding carboxylic acids is 1. The number of nitrogens with zero attached hydrogens (tertiary/aromatic N) is 4. The number of allylic oxidation sites excluding steroid dienone is 1. The van der Waals surface area contributed by atoms with E-state index in [4.69, 9.17) is 22.1 Å². The van der Waals surface area contributed by atoms with Gasteiger partial charge < -0.3 is 20.4 Å². The molecule has 0 radical (unpaired) electrons. The number of anilines is 2. The first-order chi connectivity index (χ1) is 25.4. The minimum atomic E-state index is -0.266. The standard InChI is InChI=1S/C41H40ClN7O2S/c42-29-4-2-26(3-5-29)34-22-41(10-1-11-41)12-8-28(34)25-48-14-16-49(17-15-48)30-6-7-33(38(19-30)51-31-18-27-9-13-44-39(27)46-23-31)40(50)47-52-32-20-36(43)35-24-45-37(35)21-32/h2-7,9,13,18-21,23-24H,1,8,10-12,14-17,22,25,43H2,(H,44,46)(H,47,50). The minimum Gasteiger partial charge on any atom is -0.455 e. The van der Waals surface area contributed by atoms with E-state index in [1.54, 1.807) is 23.5 Å². The zero-order chi connectivity index (χ0) is 35.2. The van der Waals surface area contributed by atoms with Gasteiger partial charge in [-0.15, -0.1) is 0 Å². The molecule has 1 amide bonds. The van der Waals surface area contributed by atoms with Crippen LogP contribution in [0.2, 0.25) is 5.02 Å². The lowest BCUT2D eigenvalue weighted by molar-refractivity contribution is 0.0982. The number of pyridine rings is 1. The molecule has 2 aliphatic heterocycles. The first kappa shape index (κ1) is 33.1. The largest absolute Gasteiger partial charge is 0.455 e. The highest BCUT2D eigenvalue weighted by molar-refractivity contribution is 7.98. The van der Waals surface area contributed by atoms with Gasteiger partial charge in [0.2, 0.25) is 0 Å². The van der Waals surface area contributed by atoms with Gasteiger partial charge in [0.15, 0.2) is 0 Å². The van der Waals surface area contributed by atoms with E-state index in [2.05, 4.69) is 41.6 Å². The van der Waals surface area contributed by atoms with Crippen LogP contribution in [0, 0.1) is 5.41 Å². The topological polar surface area (TPSA) is 112 Å². The van der Waals surface area contributed by atoms with Gasteiger partial charge in [-0.3, -0.25) is 19.4 Å². The van der Waals surface area contributed by atoms with Gasteiger partial charge >= 0.3 is 0 Å². The lowest BCUT2D eigenvalue weighted by atomic mass is 9.59. The van der Waals surface area contributed by atoms with Crippen LogP contribution < -0.4 is 30.7 Å². The number of carbonyl (C=O) groups is 1. The molecule has 4 N–H and O–H groups in total. The molecule has 4 aliphatic rings. The first-order valence-corrected chi connectivity index (χ1v) is 19.2. The highest BCUT2D eigenvalue weighted by Crippen LogP contribution is 2.55. The Labute approximate surface area is 311 Å². The number of H-pyrrole nitrogens is 1. The van der Waals surface area contributed by atoms with Crippen molar-refractivity contribution in [1.29, 1.82) is 0 Å². The van der Waals surface area contributed by atoms with E-state index in [0.717, 1.165) is 69.9 Å². The van der Waals surface area contributed by atoms with E-state index in [1.807, 2.05) is 60.8 Å². The fourth-order valence-corrected chi connectivity index (χ4v) is 8.88. The van der Waals surface area contributed by atoms with Crippen LogP contribution in [0.5, 0.6) is 11.5 Å². The van der Waals surface area contributed by atoms with Crippen LogP contribution in [-0.2, 0) is 0 Å². The van der Waals surface area contributed by atoms with Gasteiger partial charge in [0.05, 0.1) is 17.1 Å². The lowest BCUT2D eigenvalue weighted by Crippen LogP contribution is -2.47. The molecule has 52 heavy (non-hydrogen) atoms.